The molecule has 1 aromatic rings. The van der Waals surface area contributed by atoms with Gasteiger partial charge in [0.25, 0.3) is 0 Å². The van der Waals surface area contributed by atoms with E-state index in [-0.39, 0.29) is 5.69 Å². The number of hydrogen-bond acceptors (Lipinski definition) is 3. The molecular weight excluding hydrogens is 209 g/mol. The molecule has 0 aliphatic heterocycles. The summed E-state index contributed by atoms with van der Waals surface area (Å²) in [5.74, 6) is 0.611. The van der Waals surface area contributed by atoms with Gasteiger partial charge in [-0.3, -0.25) is 0 Å². The quantitative estimate of drug-likeness (QED) is 0.720. The highest BCUT2D eigenvalue weighted by Crippen LogP contribution is 2.27. The third-order valence-corrected chi connectivity index (χ3v) is 1.69. The Morgan fingerprint density at radius 3 is 2.53 bits per heavy atom. The maximum absolute atomic E-state index is 12.2. The summed E-state index contributed by atoms with van der Waals surface area (Å²) in [5, 5.41) is 9.49. The Kier molecular flexibility index (Phi) is 2.69. The monoisotopic (exact) mass is 216 g/mol. The van der Waals surface area contributed by atoms with Gasteiger partial charge in [0.1, 0.15) is 0 Å². The zero-order valence-corrected chi connectivity index (χ0v) is 7.71. The highest BCUT2D eigenvalue weighted by molar-refractivity contribution is 5.22. The topological polar surface area (TPSA) is 46.0 Å². The summed E-state index contributed by atoms with van der Waals surface area (Å²) in [6, 6.07) is 1.13. The van der Waals surface area contributed by atoms with Crippen LogP contribution in [0.2, 0.25) is 0 Å². The molecule has 1 N–H and O–H groups in total. The lowest BCUT2D eigenvalue weighted by Gasteiger charge is -2.16. The van der Waals surface area contributed by atoms with Crippen LogP contribution in [0.5, 0.6) is 0 Å². The molecule has 0 aliphatic carbocycles. The first-order chi connectivity index (χ1) is 6.77. The van der Waals surface area contributed by atoms with Crippen LogP contribution in [0.1, 0.15) is 18.4 Å². The first kappa shape index (κ1) is 11.5. The molecule has 80 valence electrons. The molecule has 1 rings (SSSR count). The number of terminal acetylenes is 1. The van der Waals surface area contributed by atoms with Crippen LogP contribution in [0, 0.1) is 12.3 Å². The Labute approximate surface area is 84.0 Å². The lowest BCUT2D eigenvalue weighted by atomic mass is 10.0. The van der Waals surface area contributed by atoms with E-state index < -0.39 is 17.6 Å². The number of alkyl halides is 3. The minimum Gasteiger partial charge on any atom is -0.372 e. The van der Waals surface area contributed by atoms with E-state index in [1.165, 1.54) is 6.92 Å². The highest BCUT2D eigenvalue weighted by atomic mass is 19.4. The molecule has 6 heteroatoms. The van der Waals surface area contributed by atoms with E-state index in [0.29, 0.717) is 0 Å². The molecule has 0 aromatic carbocycles. The lowest BCUT2D eigenvalue weighted by molar-refractivity contribution is -0.145. The van der Waals surface area contributed by atoms with Crippen molar-refractivity contribution in [1.82, 2.24) is 9.97 Å². The van der Waals surface area contributed by atoms with Crippen LogP contribution >= 0.6 is 0 Å². The molecule has 0 saturated carbocycles. The summed E-state index contributed by atoms with van der Waals surface area (Å²) in [6.45, 7) is 1.18. The van der Waals surface area contributed by atoms with E-state index in [4.69, 9.17) is 6.42 Å². The first-order valence-electron chi connectivity index (χ1n) is 3.88. The third-order valence-electron chi connectivity index (χ3n) is 1.69. The van der Waals surface area contributed by atoms with Crippen molar-refractivity contribution in [1.29, 1.82) is 0 Å². The molecule has 0 bridgehead atoms. The molecule has 0 fully saturated rings. The van der Waals surface area contributed by atoms with Gasteiger partial charge in [0.05, 0.1) is 5.69 Å². The predicted octanol–water partition coefficient (Wildman–Crippen LogP) is 1.34. The summed E-state index contributed by atoms with van der Waals surface area (Å²) < 4.78 is 36.6. The fourth-order valence-electron chi connectivity index (χ4n) is 0.840. The standard InChI is InChI=1S/C9H7F3N2O/c1-3-8(2,15)6-4-5-13-7(14-6)9(10,11)12/h1,4-5,15H,2H3/t8-/m0/s1. The molecule has 1 aromatic heterocycles. The van der Waals surface area contributed by atoms with E-state index in [9.17, 15) is 18.3 Å². The van der Waals surface area contributed by atoms with Crippen molar-refractivity contribution in [2.75, 3.05) is 0 Å². The van der Waals surface area contributed by atoms with Gasteiger partial charge in [-0.2, -0.15) is 13.2 Å². The minimum absolute atomic E-state index is 0.257. The molecule has 3 nitrogen and oxygen atoms in total. The molecule has 1 atom stereocenters. The van der Waals surface area contributed by atoms with Crippen molar-refractivity contribution >= 4 is 0 Å². The number of rotatable bonds is 1. The number of halogens is 3. The van der Waals surface area contributed by atoms with Crippen molar-refractivity contribution < 1.29 is 18.3 Å². The van der Waals surface area contributed by atoms with Crippen LogP contribution in [-0.2, 0) is 11.8 Å². The molecule has 0 saturated heterocycles. The number of aromatic nitrogens is 2. The molecule has 15 heavy (non-hydrogen) atoms. The summed E-state index contributed by atoms with van der Waals surface area (Å²) >= 11 is 0. The second-order valence-electron chi connectivity index (χ2n) is 2.98. The van der Waals surface area contributed by atoms with Gasteiger partial charge in [0, 0.05) is 6.20 Å². The van der Waals surface area contributed by atoms with Gasteiger partial charge in [-0.1, -0.05) is 5.92 Å². The fourth-order valence-corrected chi connectivity index (χ4v) is 0.840. The average Bonchev–Trinajstić information content (AvgIpc) is 2.17. The molecule has 0 amide bonds. The van der Waals surface area contributed by atoms with Crippen molar-refractivity contribution in [3.63, 3.8) is 0 Å². The zero-order valence-electron chi connectivity index (χ0n) is 7.71. The molecular formula is C9H7F3N2O. The normalized spacial score (nSPS) is 15.5. The first-order valence-corrected chi connectivity index (χ1v) is 3.88. The van der Waals surface area contributed by atoms with Gasteiger partial charge < -0.3 is 5.11 Å². The van der Waals surface area contributed by atoms with Crippen LogP contribution < -0.4 is 0 Å². The van der Waals surface area contributed by atoms with E-state index >= 15 is 0 Å². The SMILES string of the molecule is C#C[C@](C)(O)c1ccnc(C(F)(F)F)n1. The van der Waals surface area contributed by atoms with Crippen LogP contribution in [0.25, 0.3) is 0 Å². The average molecular weight is 216 g/mol. The molecule has 0 radical (unpaired) electrons. The van der Waals surface area contributed by atoms with Crippen LogP contribution in [0.3, 0.4) is 0 Å². The van der Waals surface area contributed by atoms with E-state index in [1.807, 2.05) is 5.92 Å². The third kappa shape index (κ3) is 2.44. The predicted molar refractivity (Wildman–Crippen MR) is 45.4 cm³/mol. The number of nitrogens with zero attached hydrogens (tertiary/aromatic N) is 2. The van der Waals surface area contributed by atoms with Gasteiger partial charge >= 0.3 is 6.18 Å². The van der Waals surface area contributed by atoms with Gasteiger partial charge in [-0.25, -0.2) is 9.97 Å². The van der Waals surface area contributed by atoms with Gasteiger partial charge in [0.2, 0.25) is 5.82 Å². The Morgan fingerprint density at radius 1 is 1.47 bits per heavy atom. The van der Waals surface area contributed by atoms with E-state index in [2.05, 4.69) is 9.97 Å². The van der Waals surface area contributed by atoms with Crippen molar-refractivity contribution in [3.8, 4) is 12.3 Å². The molecule has 0 spiro atoms. The largest absolute Gasteiger partial charge is 0.451 e. The van der Waals surface area contributed by atoms with Crippen LogP contribution in [0.15, 0.2) is 12.3 Å². The summed E-state index contributed by atoms with van der Waals surface area (Å²) in [7, 11) is 0. The number of hydrogen-bond donors (Lipinski definition) is 1. The Hall–Kier alpha value is -1.61. The van der Waals surface area contributed by atoms with E-state index in [1.54, 1.807) is 0 Å². The zero-order chi connectivity index (χ0) is 11.7. The van der Waals surface area contributed by atoms with Crippen molar-refractivity contribution in [3.05, 3.63) is 23.8 Å². The lowest BCUT2D eigenvalue weighted by Crippen LogP contribution is -2.23. The maximum atomic E-state index is 12.2. The smallest absolute Gasteiger partial charge is 0.372 e. The van der Waals surface area contributed by atoms with Crippen LogP contribution in [0.4, 0.5) is 13.2 Å². The maximum Gasteiger partial charge on any atom is 0.451 e. The summed E-state index contributed by atoms with van der Waals surface area (Å²) in [5.41, 5.74) is -2.09. The Balaban J connectivity index is 3.22. The fraction of sp³-hybridized carbons (Fsp3) is 0.333. The molecule has 0 aliphatic rings. The minimum atomic E-state index is -4.65. The summed E-state index contributed by atoms with van der Waals surface area (Å²) in [4.78, 5) is 6.20. The summed E-state index contributed by atoms with van der Waals surface area (Å²) in [6.07, 6.45) is 1.20. The van der Waals surface area contributed by atoms with E-state index in [0.717, 1.165) is 12.3 Å². The van der Waals surface area contributed by atoms with Crippen molar-refractivity contribution in [2.24, 2.45) is 0 Å². The highest BCUT2D eigenvalue weighted by Gasteiger charge is 2.36. The van der Waals surface area contributed by atoms with Crippen LogP contribution in [-0.4, -0.2) is 15.1 Å². The molecule has 1 heterocycles. The number of aliphatic hydroxyl groups is 1. The Bertz CT molecular complexity index is 407. The molecule has 0 unspecified atom stereocenters. The van der Waals surface area contributed by atoms with Crippen molar-refractivity contribution in [2.45, 2.75) is 18.7 Å². The van der Waals surface area contributed by atoms with Gasteiger partial charge in [-0.05, 0) is 13.0 Å². The second-order valence-corrected chi connectivity index (χ2v) is 2.98. The van der Waals surface area contributed by atoms with Gasteiger partial charge in [0.15, 0.2) is 5.60 Å². The van der Waals surface area contributed by atoms with Gasteiger partial charge in [-0.15, -0.1) is 6.42 Å². The Morgan fingerprint density at radius 2 is 2.07 bits per heavy atom. The second kappa shape index (κ2) is 3.51.